The van der Waals surface area contributed by atoms with Crippen LogP contribution in [0, 0.1) is 0 Å². The molecule has 0 aliphatic heterocycles. The molecule has 0 aromatic heterocycles. The van der Waals surface area contributed by atoms with Gasteiger partial charge in [-0.05, 0) is 17.5 Å². The van der Waals surface area contributed by atoms with Crippen LogP contribution in [0.15, 0.2) is 24.3 Å². The van der Waals surface area contributed by atoms with E-state index < -0.39 is 0 Å². The van der Waals surface area contributed by atoms with Gasteiger partial charge in [-0.15, -0.1) is 0 Å². The first-order valence-corrected chi connectivity index (χ1v) is 4.32. The number of rotatable bonds is 3. The lowest BCUT2D eigenvalue weighted by Gasteiger charge is -2.08. The molecule has 0 aliphatic carbocycles. The highest BCUT2D eigenvalue weighted by Gasteiger charge is 2.01. The van der Waals surface area contributed by atoms with Crippen LogP contribution in [0.3, 0.4) is 0 Å². The summed E-state index contributed by atoms with van der Waals surface area (Å²) in [7, 11) is 0. The summed E-state index contributed by atoms with van der Waals surface area (Å²) in [5, 5.41) is 0. The molecule has 1 atom stereocenters. The molecule has 0 spiro atoms. The summed E-state index contributed by atoms with van der Waals surface area (Å²) >= 11 is 0. The van der Waals surface area contributed by atoms with Gasteiger partial charge < -0.3 is 11.5 Å². The average Bonchev–Trinajstić information content (AvgIpc) is 2.17. The Morgan fingerprint density at radius 2 is 1.83 bits per heavy atom. The highest BCUT2D eigenvalue weighted by atomic mass is 14.7. The molecule has 1 aromatic carbocycles. The summed E-state index contributed by atoms with van der Waals surface area (Å²) in [4.78, 5) is 0. The Bertz CT molecular complexity index is 228. The predicted molar refractivity (Wildman–Crippen MR) is 51.8 cm³/mol. The van der Waals surface area contributed by atoms with Crippen LogP contribution in [0.2, 0.25) is 0 Å². The highest BCUT2D eigenvalue weighted by molar-refractivity contribution is 5.24. The molecule has 0 saturated carbocycles. The van der Waals surface area contributed by atoms with E-state index in [1.807, 2.05) is 0 Å². The normalized spacial score (nSPS) is 12.9. The second-order valence-electron chi connectivity index (χ2n) is 2.94. The third-order valence-electron chi connectivity index (χ3n) is 2.07. The zero-order chi connectivity index (χ0) is 8.97. The van der Waals surface area contributed by atoms with Gasteiger partial charge in [0.05, 0.1) is 0 Å². The van der Waals surface area contributed by atoms with Gasteiger partial charge in [0.2, 0.25) is 0 Å². The van der Waals surface area contributed by atoms with Gasteiger partial charge in [0, 0.05) is 12.6 Å². The van der Waals surface area contributed by atoms with E-state index in [0.29, 0.717) is 6.54 Å². The Hall–Kier alpha value is -0.860. The number of aryl methyl sites for hydroxylation is 1. The van der Waals surface area contributed by atoms with Crippen molar-refractivity contribution >= 4 is 0 Å². The van der Waals surface area contributed by atoms with E-state index in [1.165, 1.54) is 5.56 Å². The minimum absolute atomic E-state index is 0.0177. The van der Waals surface area contributed by atoms with Crippen LogP contribution in [-0.4, -0.2) is 6.54 Å². The first kappa shape index (κ1) is 9.23. The lowest BCUT2D eigenvalue weighted by Crippen LogP contribution is -2.20. The van der Waals surface area contributed by atoms with E-state index in [0.717, 1.165) is 12.0 Å². The van der Waals surface area contributed by atoms with Crippen molar-refractivity contribution in [3.63, 3.8) is 0 Å². The molecule has 1 rings (SSSR count). The molecule has 0 unspecified atom stereocenters. The second-order valence-corrected chi connectivity index (χ2v) is 2.94. The SMILES string of the molecule is CCc1ccc([C@@H](N)CN)cc1. The second kappa shape index (κ2) is 4.24. The van der Waals surface area contributed by atoms with E-state index in [4.69, 9.17) is 11.5 Å². The lowest BCUT2D eigenvalue weighted by molar-refractivity contribution is 0.736. The zero-order valence-corrected chi connectivity index (χ0v) is 7.46. The van der Waals surface area contributed by atoms with Gasteiger partial charge in [-0.1, -0.05) is 31.2 Å². The van der Waals surface area contributed by atoms with Crippen molar-refractivity contribution in [2.75, 3.05) is 6.54 Å². The van der Waals surface area contributed by atoms with Gasteiger partial charge in [-0.2, -0.15) is 0 Å². The fourth-order valence-corrected chi connectivity index (χ4v) is 1.14. The standard InChI is InChI=1S/C10H16N2/c1-2-8-3-5-9(6-4-8)10(12)7-11/h3-6,10H,2,7,11-12H2,1H3/t10-/m0/s1. The smallest absolute Gasteiger partial charge is 0.0419 e. The van der Waals surface area contributed by atoms with Gasteiger partial charge in [-0.25, -0.2) is 0 Å². The molecule has 2 heteroatoms. The first-order valence-electron chi connectivity index (χ1n) is 4.32. The molecule has 2 nitrogen and oxygen atoms in total. The zero-order valence-electron chi connectivity index (χ0n) is 7.46. The van der Waals surface area contributed by atoms with Crippen molar-refractivity contribution in [1.29, 1.82) is 0 Å². The molecule has 0 bridgehead atoms. The fourth-order valence-electron chi connectivity index (χ4n) is 1.14. The molecule has 1 aromatic rings. The highest BCUT2D eigenvalue weighted by Crippen LogP contribution is 2.10. The minimum Gasteiger partial charge on any atom is -0.329 e. The van der Waals surface area contributed by atoms with Crippen LogP contribution in [0.1, 0.15) is 24.1 Å². The molecule has 0 aliphatic rings. The van der Waals surface area contributed by atoms with Gasteiger partial charge in [0.15, 0.2) is 0 Å². The summed E-state index contributed by atoms with van der Waals surface area (Å²) < 4.78 is 0. The molecule has 0 saturated heterocycles. The summed E-state index contributed by atoms with van der Waals surface area (Å²) in [6.45, 7) is 2.64. The molecule has 4 N–H and O–H groups in total. The van der Waals surface area contributed by atoms with E-state index in [-0.39, 0.29) is 6.04 Å². The molecule has 66 valence electrons. The van der Waals surface area contributed by atoms with Crippen molar-refractivity contribution in [1.82, 2.24) is 0 Å². The number of hydrogen-bond acceptors (Lipinski definition) is 2. The molecule has 0 radical (unpaired) electrons. The average molecular weight is 164 g/mol. The Kier molecular flexibility index (Phi) is 3.26. The first-order chi connectivity index (χ1) is 5.77. The number of hydrogen-bond donors (Lipinski definition) is 2. The van der Waals surface area contributed by atoms with Gasteiger partial charge >= 0.3 is 0 Å². The molecule has 0 heterocycles. The summed E-state index contributed by atoms with van der Waals surface area (Å²) in [5.74, 6) is 0. The predicted octanol–water partition coefficient (Wildman–Crippen LogP) is 1.21. The largest absolute Gasteiger partial charge is 0.329 e. The Morgan fingerprint density at radius 3 is 2.25 bits per heavy atom. The third-order valence-corrected chi connectivity index (χ3v) is 2.07. The number of nitrogens with two attached hydrogens (primary N) is 2. The third kappa shape index (κ3) is 2.06. The van der Waals surface area contributed by atoms with Crippen LogP contribution in [-0.2, 0) is 6.42 Å². The van der Waals surface area contributed by atoms with Crippen molar-refractivity contribution in [2.24, 2.45) is 11.5 Å². The maximum Gasteiger partial charge on any atom is 0.0419 e. The van der Waals surface area contributed by atoms with E-state index in [1.54, 1.807) is 0 Å². The van der Waals surface area contributed by atoms with Crippen molar-refractivity contribution in [3.8, 4) is 0 Å². The fraction of sp³-hybridized carbons (Fsp3) is 0.400. The van der Waals surface area contributed by atoms with Gasteiger partial charge in [0.1, 0.15) is 0 Å². The summed E-state index contributed by atoms with van der Waals surface area (Å²) in [6.07, 6.45) is 1.07. The van der Waals surface area contributed by atoms with Crippen molar-refractivity contribution < 1.29 is 0 Å². The Morgan fingerprint density at radius 1 is 1.25 bits per heavy atom. The summed E-state index contributed by atoms with van der Waals surface area (Å²) in [6, 6.07) is 8.29. The summed E-state index contributed by atoms with van der Waals surface area (Å²) in [5.41, 5.74) is 13.7. The Labute approximate surface area is 73.6 Å². The molecular weight excluding hydrogens is 148 g/mol. The van der Waals surface area contributed by atoms with Crippen molar-refractivity contribution in [3.05, 3.63) is 35.4 Å². The van der Waals surface area contributed by atoms with Crippen LogP contribution in [0.4, 0.5) is 0 Å². The van der Waals surface area contributed by atoms with Crippen LogP contribution in [0.25, 0.3) is 0 Å². The maximum atomic E-state index is 5.76. The number of benzene rings is 1. The van der Waals surface area contributed by atoms with Crippen LogP contribution >= 0.6 is 0 Å². The van der Waals surface area contributed by atoms with Gasteiger partial charge in [-0.3, -0.25) is 0 Å². The molecule has 0 fully saturated rings. The Balaban J connectivity index is 2.77. The monoisotopic (exact) mass is 164 g/mol. The van der Waals surface area contributed by atoms with E-state index in [2.05, 4.69) is 31.2 Å². The van der Waals surface area contributed by atoms with Gasteiger partial charge in [0.25, 0.3) is 0 Å². The topological polar surface area (TPSA) is 52.0 Å². The van der Waals surface area contributed by atoms with Crippen LogP contribution < -0.4 is 11.5 Å². The molecule has 0 amide bonds. The maximum absolute atomic E-state index is 5.76. The van der Waals surface area contributed by atoms with Crippen LogP contribution in [0.5, 0.6) is 0 Å². The van der Waals surface area contributed by atoms with E-state index >= 15 is 0 Å². The lowest BCUT2D eigenvalue weighted by atomic mass is 10.0. The molecule has 12 heavy (non-hydrogen) atoms. The quantitative estimate of drug-likeness (QED) is 0.705. The van der Waals surface area contributed by atoms with Crippen molar-refractivity contribution in [2.45, 2.75) is 19.4 Å². The minimum atomic E-state index is -0.0177. The molecular formula is C10H16N2. The van der Waals surface area contributed by atoms with E-state index in [9.17, 15) is 0 Å².